The minimum absolute atomic E-state index is 0.144. The topological polar surface area (TPSA) is 129 Å². The number of pyridine rings is 1. The first kappa shape index (κ1) is 20.0. The monoisotopic (exact) mass is 411 g/mol. The van der Waals surface area contributed by atoms with Gasteiger partial charge >= 0.3 is 5.97 Å². The second kappa shape index (κ2) is 7.52. The van der Waals surface area contributed by atoms with Crippen LogP contribution in [0.2, 0.25) is 0 Å². The van der Waals surface area contributed by atoms with Crippen LogP contribution in [0.4, 0.5) is 0 Å². The summed E-state index contributed by atoms with van der Waals surface area (Å²) in [6.45, 7) is 5.72. The van der Waals surface area contributed by atoms with E-state index in [1.54, 1.807) is 20.8 Å². The Morgan fingerprint density at radius 3 is 2.70 bits per heavy atom. The number of hydrogen-bond acceptors (Lipinski definition) is 7. The summed E-state index contributed by atoms with van der Waals surface area (Å²) in [6.07, 6.45) is 7.96. The molecule has 10 heteroatoms. The molecule has 0 aromatic carbocycles. The van der Waals surface area contributed by atoms with Gasteiger partial charge in [0.25, 0.3) is 0 Å². The van der Waals surface area contributed by atoms with E-state index in [1.165, 1.54) is 16.4 Å². The van der Waals surface area contributed by atoms with Crippen molar-refractivity contribution >= 4 is 17.5 Å². The lowest BCUT2D eigenvalue weighted by Crippen LogP contribution is -2.31. The molecular weight excluding hydrogens is 386 g/mol. The summed E-state index contributed by atoms with van der Waals surface area (Å²) in [6, 6.07) is 2.04. The van der Waals surface area contributed by atoms with Crippen molar-refractivity contribution in [3.63, 3.8) is 0 Å². The molecule has 3 aromatic heterocycles. The molecule has 0 unspecified atom stereocenters. The predicted octanol–water partition coefficient (Wildman–Crippen LogP) is 1.34. The summed E-state index contributed by atoms with van der Waals surface area (Å²) < 4.78 is 8.79. The van der Waals surface area contributed by atoms with E-state index in [9.17, 15) is 9.59 Å². The number of esters is 1. The van der Waals surface area contributed by atoms with Gasteiger partial charge in [-0.2, -0.15) is 0 Å². The summed E-state index contributed by atoms with van der Waals surface area (Å²) >= 11 is 0. The van der Waals surface area contributed by atoms with Crippen molar-refractivity contribution in [2.45, 2.75) is 58.1 Å². The Morgan fingerprint density at radius 2 is 2.03 bits per heavy atom. The zero-order chi connectivity index (χ0) is 21.5. The number of nitrogens with two attached hydrogens (primary N) is 1. The molecule has 0 bridgehead atoms. The van der Waals surface area contributed by atoms with Crippen LogP contribution in [0.3, 0.4) is 0 Å². The SMILES string of the molecule is CC(C)(C)OC(=O)c1cn(Cc2cn3cc(C4CC4)cc(CC(=O)NN)c3n2)nn1. The number of ether oxygens (including phenoxy) is 1. The molecule has 1 amide bonds. The number of carbonyl (C=O) groups excluding carboxylic acids is 2. The maximum atomic E-state index is 12.1. The Bertz CT molecular complexity index is 1110. The van der Waals surface area contributed by atoms with Crippen molar-refractivity contribution in [1.82, 2.24) is 29.8 Å². The van der Waals surface area contributed by atoms with Gasteiger partial charge in [0.1, 0.15) is 11.2 Å². The Kier molecular flexibility index (Phi) is 5.02. The lowest BCUT2D eigenvalue weighted by molar-refractivity contribution is -0.120. The third-order valence-corrected chi connectivity index (χ3v) is 4.73. The normalized spacial score (nSPS) is 14.1. The number of fused-ring (bicyclic) bond motifs is 1. The molecule has 4 rings (SSSR count). The highest BCUT2D eigenvalue weighted by atomic mass is 16.6. The standard InChI is InChI=1S/C20H25N7O3/c1-20(2,3)30-19(29)16-11-27(25-24-16)10-15-9-26-8-14(12-4-5-12)6-13(18(26)22-15)7-17(28)23-21/h6,8-9,11-12H,4-5,7,10,21H2,1-3H3,(H,23,28). The fourth-order valence-electron chi connectivity index (χ4n) is 3.28. The van der Waals surface area contributed by atoms with Crippen molar-refractivity contribution < 1.29 is 14.3 Å². The van der Waals surface area contributed by atoms with Gasteiger partial charge in [-0.15, -0.1) is 5.10 Å². The fraction of sp³-hybridized carbons (Fsp3) is 0.450. The summed E-state index contributed by atoms with van der Waals surface area (Å²) in [4.78, 5) is 28.7. The molecule has 3 heterocycles. The minimum Gasteiger partial charge on any atom is -0.455 e. The molecule has 0 atom stereocenters. The number of hydrazine groups is 1. The van der Waals surface area contributed by atoms with E-state index in [-0.39, 0.29) is 18.0 Å². The molecule has 1 fully saturated rings. The molecule has 3 aromatic rings. The maximum absolute atomic E-state index is 12.1. The predicted molar refractivity (Wildman–Crippen MR) is 107 cm³/mol. The molecule has 3 N–H and O–H groups in total. The molecule has 1 aliphatic rings. The lowest BCUT2D eigenvalue weighted by atomic mass is 10.1. The van der Waals surface area contributed by atoms with E-state index in [0.717, 1.165) is 24.1 Å². The molecule has 30 heavy (non-hydrogen) atoms. The molecule has 0 spiro atoms. The second-order valence-corrected chi connectivity index (χ2v) is 8.58. The van der Waals surface area contributed by atoms with Gasteiger partial charge in [0.05, 0.1) is 24.9 Å². The lowest BCUT2D eigenvalue weighted by Gasteiger charge is -2.18. The fourth-order valence-corrected chi connectivity index (χ4v) is 3.28. The first-order valence-electron chi connectivity index (χ1n) is 9.85. The van der Waals surface area contributed by atoms with Crippen LogP contribution in [0.1, 0.15) is 66.8 Å². The number of imidazole rings is 1. The second-order valence-electron chi connectivity index (χ2n) is 8.58. The quantitative estimate of drug-likeness (QED) is 0.271. The molecule has 0 radical (unpaired) electrons. The van der Waals surface area contributed by atoms with E-state index in [4.69, 9.17) is 10.6 Å². The third kappa shape index (κ3) is 4.48. The van der Waals surface area contributed by atoms with Gasteiger partial charge in [-0.1, -0.05) is 5.21 Å². The molecular formula is C20H25N7O3. The van der Waals surface area contributed by atoms with Crippen molar-refractivity contribution in [2.24, 2.45) is 5.84 Å². The molecule has 0 aliphatic heterocycles. The van der Waals surface area contributed by atoms with Crippen LogP contribution in [-0.4, -0.2) is 41.9 Å². The first-order chi connectivity index (χ1) is 14.2. The molecule has 0 saturated heterocycles. The van der Waals surface area contributed by atoms with Gasteiger partial charge in [0.15, 0.2) is 5.69 Å². The zero-order valence-corrected chi connectivity index (χ0v) is 17.3. The van der Waals surface area contributed by atoms with Gasteiger partial charge in [-0.05, 0) is 51.2 Å². The van der Waals surface area contributed by atoms with Gasteiger partial charge in [-0.25, -0.2) is 20.3 Å². The van der Waals surface area contributed by atoms with E-state index < -0.39 is 11.6 Å². The van der Waals surface area contributed by atoms with Crippen LogP contribution in [0.15, 0.2) is 24.7 Å². The van der Waals surface area contributed by atoms with Crippen LogP contribution in [0.25, 0.3) is 5.65 Å². The smallest absolute Gasteiger partial charge is 0.361 e. The van der Waals surface area contributed by atoms with Gasteiger partial charge in [-0.3, -0.25) is 10.2 Å². The summed E-state index contributed by atoms with van der Waals surface area (Å²) in [5.74, 6) is 5.01. The van der Waals surface area contributed by atoms with Crippen LogP contribution >= 0.6 is 0 Å². The molecule has 158 valence electrons. The Labute approximate surface area is 173 Å². The Morgan fingerprint density at radius 1 is 1.27 bits per heavy atom. The summed E-state index contributed by atoms with van der Waals surface area (Å²) in [5, 5.41) is 7.91. The highest BCUT2D eigenvalue weighted by molar-refractivity contribution is 5.87. The zero-order valence-electron chi connectivity index (χ0n) is 17.3. The number of rotatable bonds is 6. The number of carbonyl (C=O) groups is 2. The number of nitrogens with zero attached hydrogens (tertiary/aromatic N) is 5. The number of amides is 1. The molecule has 1 aliphatic carbocycles. The highest BCUT2D eigenvalue weighted by Crippen LogP contribution is 2.40. The van der Waals surface area contributed by atoms with Gasteiger partial charge in [0, 0.05) is 18.0 Å². The summed E-state index contributed by atoms with van der Waals surface area (Å²) in [5.41, 5.74) is 5.17. The average Bonchev–Trinajstić information content (AvgIpc) is 3.27. The number of hydrogen-bond donors (Lipinski definition) is 2. The first-order valence-corrected chi connectivity index (χ1v) is 9.85. The van der Waals surface area contributed by atoms with E-state index in [0.29, 0.717) is 18.1 Å². The number of aromatic nitrogens is 5. The van der Waals surface area contributed by atoms with Crippen molar-refractivity contribution in [3.8, 4) is 0 Å². The molecule has 10 nitrogen and oxygen atoms in total. The number of nitrogens with one attached hydrogen (secondary N) is 1. The van der Waals surface area contributed by atoms with Crippen molar-refractivity contribution in [1.29, 1.82) is 0 Å². The average molecular weight is 411 g/mol. The van der Waals surface area contributed by atoms with Gasteiger partial charge < -0.3 is 9.14 Å². The summed E-state index contributed by atoms with van der Waals surface area (Å²) in [7, 11) is 0. The largest absolute Gasteiger partial charge is 0.455 e. The highest BCUT2D eigenvalue weighted by Gasteiger charge is 2.25. The third-order valence-electron chi connectivity index (χ3n) is 4.73. The van der Waals surface area contributed by atoms with E-state index in [2.05, 4.69) is 26.9 Å². The van der Waals surface area contributed by atoms with E-state index >= 15 is 0 Å². The van der Waals surface area contributed by atoms with Crippen LogP contribution in [-0.2, 0) is 22.5 Å². The minimum atomic E-state index is -0.603. The molecule has 1 saturated carbocycles. The van der Waals surface area contributed by atoms with E-state index in [1.807, 2.05) is 16.7 Å². The van der Waals surface area contributed by atoms with Crippen LogP contribution < -0.4 is 11.3 Å². The maximum Gasteiger partial charge on any atom is 0.361 e. The van der Waals surface area contributed by atoms with Gasteiger partial charge in [0.2, 0.25) is 5.91 Å². The van der Waals surface area contributed by atoms with Crippen molar-refractivity contribution in [2.75, 3.05) is 0 Å². The van der Waals surface area contributed by atoms with Crippen LogP contribution in [0.5, 0.6) is 0 Å². The Balaban J connectivity index is 1.59. The van der Waals surface area contributed by atoms with Crippen molar-refractivity contribution in [3.05, 3.63) is 47.2 Å². The Hall–Kier alpha value is -3.27. The van der Waals surface area contributed by atoms with Crippen LogP contribution in [0, 0.1) is 0 Å².